The molecule has 0 N–H and O–H groups in total. The highest BCUT2D eigenvalue weighted by Crippen LogP contribution is 2.32. The number of nitrogens with zero attached hydrogens (tertiary/aromatic N) is 1. The van der Waals surface area contributed by atoms with Crippen molar-refractivity contribution in [3.63, 3.8) is 0 Å². The van der Waals surface area contributed by atoms with Crippen molar-refractivity contribution in [1.29, 1.82) is 0 Å². The third-order valence-corrected chi connectivity index (χ3v) is 4.17. The van der Waals surface area contributed by atoms with Crippen LogP contribution in [-0.4, -0.2) is 4.98 Å². The fourth-order valence-corrected chi connectivity index (χ4v) is 3.06. The van der Waals surface area contributed by atoms with E-state index < -0.39 is 5.63 Å². The van der Waals surface area contributed by atoms with E-state index in [1.54, 1.807) is 6.07 Å². The molecule has 5 rings (SSSR count). The predicted molar refractivity (Wildman–Crippen MR) is 93.0 cm³/mol. The van der Waals surface area contributed by atoms with Gasteiger partial charge in [0.15, 0.2) is 11.1 Å². The van der Waals surface area contributed by atoms with Crippen LogP contribution in [0.15, 0.2) is 80.4 Å². The van der Waals surface area contributed by atoms with Crippen molar-refractivity contribution in [2.75, 3.05) is 0 Å². The Morgan fingerprint density at radius 2 is 1.50 bits per heavy atom. The molecule has 114 valence electrons. The lowest BCUT2D eigenvalue weighted by atomic mass is 10.0. The Labute approximate surface area is 136 Å². The van der Waals surface area contributed by atoms with Crippen LogP contribution in [0, 0.1) is 0 Å². The molecule has 0 aliphatic rings. The van der Waals surface area contributed by atoms with Crippen LogP contribution in [-0.2, 0) is 0 Å². The number of hydrogen-bond acceptors (Lipinski definition) is 4. The van der Waals surface area contributed by atoms with Crippen LogP contribution >= 0.6 is 0 Å². The van der Waals surface area contributed by atoms with Gasteiger partial charge in [-0.15, -0.1) is 0 Å². The molecule has 0 saturated carbocycles. The van der Waals surface area contributed by atoms with Gasteiger partial charge in [0.2, 0.25) is 5.89 Å². The lowest BCUT2D eigenvalue weighted by Crippen LogP contribution is -1.99. The standard InChI is InChI=1S/C20H11NO3/c22-20-17-18(15-9-3-4-11-16(15)23-20)24-19(21-17)14-10-5-7-12-6-1-2-8-13(12)14/h1-11H. The van der Waals surface area contributed by atoms with E-state index in [1.165, 1.54) is 0 Å². The minimum atomic E-state index is -0.487. The lowest BCUT2D eigenvalue weighted by molar-refractivity contribution is 0.565. The molecule has 4 nitrogen and oxygen atoms in total. The summed E-state index contributed by atoms with van der Waals surface area (Å²) < 4.78 is 11.3. The minimum Gasteiger partial charge on any atom is -0.435 e. The van der Waals surface area contributed by atoms with Crippen molar-refractivity contribution < 1.29 is 8.83 Å². The molecule has 0 fully saturated rings. The second kappa shape index (κ2) is 4.80. The number of rotatable bonds is 1. The smallest absolute Gasteiger partial charge is 0.366 e. The van der Waals surface area contributed by atoms with Gasteiger partial charge in [-0.05, 0) is 29.0 Å². The summed E-state index contributed by atoms with van der Waals surface area (Å²) in [7, 11) is 0. The third kappa shape index (κ3) is 1.80. The number of fused-ring (bicyclic) bond motifs is 4. The van der Waals surface area contributed by atoms with E-state index in [9.17, 15) is 4.79 Å². The Balaban J connectivity index is 1.89. The molecule has 0 radical (unpaired) electrons. The first kappa shape index (κ1) is 13.1. The Hall–Kier alpha value is -3.40. The van der Waals surface area contributed by atoms with Crippen LogP contribution in [0.4, 0.5) is 0 Å². The summed E-state index contributed by atoms with van der Waals surface area (Å²) in [6, 6.07) is 21.2. The summed E-state index contributed by atoms with van der Waals surface area (Å²) in [4.78, 5) is 16.6. The molecule has 4 heteroatoms. The van der Waals surface area contributed by atoms with Crippen LogP contribution in [0.5, 0.6) is 0 Å². The van der Waals surface area contributed by atoms with E-state index >= 15 is 0 Å². The molecule has 0 saturated heterocycles. The van der Waals surface area contributed by atoms with Gasteiger partial charge in [-0.25, -0.2) is 9.78 Å². The molecule has 0 unspecified atom stereocenters. The summed E-state index contributed by atoms with van der Waals surface area (Å²) in [6.07, 6.45) is 0. The van der Waals surface area contributed by atoms with Crippen molar-refractivity contribution in [1.82, 2.24) is 4.98 Å². The van der Waals surface area contributed by atoms with Gasteiger partial charge in [0.25, 0.3) is 0 Å². The van der Waals surface area contributed by atoms with Gasteiger partial charge in [-0.1, -0.05) is 48.5 Å². The Morgan fingerprint density at radius 3 is 2.42 bits per heavy atom. The molecular formula is C20H11NO3. The highest BCUT2D eigenvalue weighted by molar-refractivity contribution is 6.01. The van der Waals surface area contributed by atoms with Gasteiger partial charge >= 0.3 is 5.63 Å². The summed E-state index contributed by atoms with van der Waals surface area (Å²) >= 11 is 0. The van der Waals surface area contributed by atoms with Crippen LogP contribution in [0.3, 0.4) is 0 Å². The topological polar surface area (TPSA) is 56.2 Å². The molecule has 2 aromatic heterocycles. The highest BCUT2D eigenvalue weighted by atomic mass is 16.4. The van der Waals surface area contributed by atoms with Crippen LogP contribution < -0.4 is 5.63 Å². The number of benzene rings is 3. The molecule has 5 aromatic rings. The van der Waals surface area contributed by atoms with Gasteiger partial charge < -0.3 is 8.83 Å². The van der Waals surface area contributed by atoms with Gasteiger partial charge in [0, 0.05) is 5.56 Å². The largest absolute Gasteiger partial charge is 0.435 e. The van der Waals surface area contributed by atoms with E-state index in [1.807, 2.05) is 60.7 Å². The molecule has 2 heterocycles. The Kier molecular flexibility index (Phi) is 2.61. The van der Waals surface area contributed by atoms with Crippen molar-refractivity contribution in [3.05, 3.63) is 77.2 Å². The zero-order valence-electron chi connectivity index (χ0n) is 12.5. The summed E-state index contributed by atoms with van der Waals surface area (Å²) in [6.45, 7) is 0. The Bertz CT molecular complexity index is 1280. The van der Waals surface area contributed by atoms with Crippen molar-refractivity contribution in [3.8, 4) is 11.5 Å². The highest BCUT2D eigenvalue weighted by Gasteiger charge is 2.17. The van der Waals surface area contributed by atoms with Crippen molar-refractivity contribution in [2.24, 2.45) is 0 Å². The zero-order valence-corrected chi connectivity index (χ0v) is 12.5. The molecule has 24 heavy (non-hydrogen) atoms. The maximum absolute atomic E-state index is 12.2. The molecule has 0 amide bonds. The molecule has 3 aromatic carbocycles. The second-order valence-corrected chi connectivity index (χ2v) is 5.61. The molecule has 0 aliphatic carbocycles. The van der Waals surface area contributed by atoms with E-state index in [2.05, 4.69) is 4.98 Å². The fourth-order valence-electron chi connectivity index (χ4n) is 3.06. The first-order valence-corrected chi connectivity index (χ1v) is 7.62. The Morgan fingerprint density at radius 1 is 0.750 bits per heavy atom. The minimum absolute atomic E-state index is 0.219. The molecule has 0 spiro atoms. The van der Waals surface area contributed by atoms with Crippen LogP contribution in [0.1, 0.15) is 0 Å². The summed E-state index contributed by atoms with van der Waals surface area (Å²) in [5, 5.41) is 2.86. The third-order valence-electron chi connectivity index (χ3n) is 4.17. The van der Waals surface area contributed by atoms with E-state index in [0.29, 0.717) is 17.1 Å². The van der Waals surface area contributed by atoms with Gasteiger partial charge in [-0.3, -0.25) is 0 Å². The molecule has 0 atom stereocenters. The molecular weight excluding hydrogens is 302 g/mol. The van der Waals surface area contributed by atoms with Crippen molar-refractivity contribution >= 4 is 32.8 Å². The van der Waals surface area contributed by atoms with E-state index in [4.69, 9.17) is 8.83 Å². The number of para-hydroxylation sites is 1. The average molecular weight is 313 g/mol. The fraction of sp³-hybridized carbons (Fsp3) is 0. The summed E-state index contributed by atoms with van der Waals surface area (Å²) in [5.74, 6) is 0.422. The average Bonchev–Trinajstić information content (AvgIpc) is 3.07. The zero-order chi connectivity index (χ0) is 16.1. The van der Waals surface area contributed by atoms with Crippen LogP contribution in [0.25, 0.3) is 44.3 Å². The van der Waals surface area contributed by atoms with E-state index in [0.717, 1.165) is 21.7 Å². The number of hydrogen-bond donors (Lipinski definition) is 0. The van der Waals surface area contributed by atoms with Gasteiger partial charge in [0.1, 0.15) is 5.58 Å². The SMILES string of the molecule is O=c1oc2ccccc2c2oc(-c3cccc4ccccc34)nc12. The van der Waals surface area contributed by atoms with Crippen molar-refractivity contribution in [2.45, 2.75) is 0 Å². The normalized spacial score (nSPS) is 11.5. The number of aromatic nitrogens is 1. The summed E-state index contributed by atoms with van der Waals surface area (Å²) in [5.41, 5.74) is 1.55. The molecule has 0 aliphatic heterocycles. The first-order valence-electron chi connectivity index (χ1n) is 7.62. The quantitative estimate of drug-likeness (QED) is 0.419. The number of oxazole rings is 1. The van der Waals surface area contributed by atoms with Crippen LogP contribution in [0.2, 0.25) is 0 Å². The van der Waals surface area contributed by atoms with Gasteiger partial charge in [-0.2, -0.15) is 0 Å². The van der Waals surface area contributed by atoms with E-state index in [-0.39, 0.29) is 5.52 Å². The second-order valence-electron chi connectivity index (χ2n) is 5.61. The molecule has 0 bridgehead atoms. The monoisotopic (exact) mass is 313 g/mol. The maximum Gasteiger partial charge on any atom is 0.366 e. The predicted octanol–water partition coefficient (Wildman–Crippen LogP) is 4.75. The lowest BCUT2D eigenvalue weighted by Gasteiger charge is -2.02. The first-order chi connectivity index (χ1) is 11.8. The van der Waals surface area contributed by atoms with Gasteiger partial charge in [0.05, 0.1) is 5.39 Å². The maximum atomic E-state index is 12.2.